The maximum Gasteiger partial charge on any atom is 0.275 e. The summed E-state index contributed by atoms with van der Waals surface area (Å²) < 4.78 is 27.6. The number of nitro groups is 1. The Morgan fingerprint density at radius 2 is 1.86 bits per heavy atom. The smallest absolute Gasteiger partial charge is 0.275 e. The molecule has 0 aromatic heterocycles. The maximum absolute atomic E-state index is 13.7. The number of nitro benzene ring substituents is 1. The summed E-state index contributed by atoms with van der Waals surface area (Å²) in [5.41, 5.74) is 0.203. The third-order valence-electron chi connectivity index (χ3n) is 2.72. The van der Waals surface area contributed by atoms with Gasteiger partial charge in [0.1, 0.15) is 11.6 Å². The van der Waals surface area contributed by atoms with E-state index in [-0.39, 0.29) is 22.4 Å². The van der Waals surface area contributed by atoms with Gasteiger partial charge in [-0.1, -0.05) is 15.9 Å². The number of hydrogen-bond donors (Lipinski definition) is 1. The SMILES string of the molecule is O=[N+]([O-])c1cc(Br)ccc1CNc1cc(F)c(Br)cc1F. The summed E-state index contributed by atoms with van der Waals surface area (Å²) >= 11 is 6.03. The summed E-state index contributed by atoms with van der Waals surface area (Å²) in [6.45, 7) is 0.00157. The van der Waals surface area contributed by atoms with E-state index in [1.54, 1.807) is 12.1 Å². The standard InChI is InChI=1S/C13H8Br2F2N2O2/c14-8-2-1-7(13(3-8)19(20)21)6-18-12-5-10(16)9(15)4-11(12)17/h1-5,18H,6H2. The number of halogens is 4. The van der Waals surface area contributed by atoms with Crippen molar-refractivity contribution in [1.29, 1.82) is 0 Å². The van der Waals surface area contributed by atoms with Gasteiger partial charge in [0, 0.05) is 28.7 Å². The summed E-state index contributed by atoms with van der Waals surface area (Å²) in [6.07, 6.45) is 0. The summed E-state index contributed by atoms with van der Waals surface area (Å²) in [7, 11) is 0. The van der Waals surface area contributed by atoms with E-state index >= 15 is 0 Å². The third-order valence-corrected chi connectivity index (χ3v) is 3.82. The van der Waals surface area contributed by atoms with Crippen LogP contribution >= 0.6 is 31.9 Å². The molecule has 0 amide bonds. The number of nitrogens with one attached hydrogen (secondary N) is 1. The van der Waals surface area contributed by atoms with Crippen LogP contribution in [0.4, 0.5) is 20.2 Å². The van der Waals surface area contributed by atoms with Crippen LogP contribution in [-0.4, -0.2) is 4.92 Å². The molecule has 0 saturated heterocycles. The van der Waals surface area contributed by atoms with E-state index < -0.39 is 16.6 Å². The van der Waals surface area contributed by atoms with Gasteiger partial charge in [-0.2, -0.15) is 0 Å². The lowest BCUT2D eigenvalue weighted by Gasteiger charge is -2.09. The zero-order valence-corrected chi connectivity index (χ0v) is 13.5. The highest BCUT2D eigenvalue weighted by Gasteiger charge is 2.15. The molecule has 0 aliphatic carbocycles. The average molecular weight is 422 g/mol. The molecule has 1 N–H and O–H groups in total. The number of anilines is 1. The Labute approximate surface area is 135 Å². The van der Waals surface area contributed by atoms with E-state index in [0.29, 0.717) is 10.0 Å². The van der Waals surface area contributed by atoms with Gasteiger partial charge in [-0.15, -0.1) is 0 Å². The summed E-state index contributed by atoms with van der Waals surface area (Å²) in [6, 6.07) is 6.53. The molecule has 0 fully saturated rings. The molecular formula is C13H8Br2F2N2O2. The van der Waals surface area contributed by atoms with Crippen LogP contribution < -0.4 is 5.32 Å². The minimum absolute atomic E-state index is 0.00157. The predicted octanol–water partition coefficient (Wildman–Crippen LogP) is 5.01. The van der Waals surface area contributed by atoms with Crippen molar-refractivity contribution in [2.75, 3.05) is 5.32 Å². The first kappa shape index (κ1) is 15.8. The zero-order valence-electron chi connectivity index (χ0n) is 10.4. The van der Waals surface area contributed by atoms with Gasteiger partial charge in [-0.05, 0) is 34.1 Å². The molecule has 110 valence electrons. The van der Waals surface area contributed by atoms with Crippen molar-refractivity contribution >= 4 is 43.2 Å². The molecule has 0 heterocycles. The predicted molar refractivity (Wildman–Crippen MR) is 82.2 cm³/mol. The molecular weight excluding hydrogens is 414 g/mol. The van der Waals surface area contributed by atoms with Crippen molar-refractivity contribution in [2.24, 2.45) is 0 Å². The Balaban J connectivity index is 2.25. The van der Waals surface area contributed by atoms with Gasteiger partial charge in [0.2, 0.25) is 0 Å². The first-order chi connectivity index (χ1) is 9.88. The van der Waals surface area contributed by atoms with Crippen LogP contribution in [0, 0.1) is 21.7 Å². The highest BCUT2D eigenvalue weighted by Crippen LogP contribution is 2.27. The van der Waals surface area contributed by atoms with Crippen molar-refractivity contribution < 1.29 is 13.7 Å². The molecule has 0 atom stereocenters. The van der Waals surface area contributed by atoms with Crippen LogP contribution in [0.25, 0.3) is 0 Å². The molecule has 0 spiro atoms. The molecule has 0 radical (unpaired) electrons. The molecule has 0 saturated carbocycles. The van der Waals surface area contributed by atoms with Gasteiger partial charge >= 0.3 is 0 Å². The second-order valence-electron chi connectivity index (χ2n) is 4.13. The van der Waals surface area contributed by atoms with Crippen LogP contribution in [0.1, 0.15) is 5.56 Å². The van der Waals surface area contributed by atoms with Crippen molar-refractivity contribution in [1.82, 2.24) is 0 Å². The van der Waals surface area contributed by atoms with Gasteiger partial charge in [0.05, 0.1) is 15.1 Å². The summed E-state index contributed by atoms with van der Waals surface area (Å²) in [5.74, 6) is -1.27. The third kappa shape index (κ3) is 3.76. The van der Waals surface area contributed by atoms with Gasteiger partial charge in [0.25, 0.3) is 5.69 Å². The van der Waals surface area contributed by atoms with E-state index in [9.17, 15) is 18.9 Å². The maximum atomic E-state index is 13.7. The van der Waals surface area contributed by atoms with E-state index in [1.165, 1.54) is 6.07 Å². The van der Waals surface area contributed by atoms with E-state index in [4.69, 9.17) is 0 Å². The van der Waals surface area contributed by atoms with E-state index in [2.05, 4.69) is 37.2 Å². The number of rotatable bonds is 4. The highest BCUT2D eigenvalue weighted by atomic mass is 79.9. The van der Waals surface area contributed by atoms with Crippen molar-refractivity contribution in [3.05, 3.63) is 66.6 Å². The van der Waals surface area contributed by atoms with Crippen molar-refractivity contribution in [2.45, 2.75) is 6.54 Å². The lowest BCUT2D eigenvalue weighted by atomic mass is 10.1. The van der Waals surface area contributed by atoms with Crippen LogP contribution in [0.3, 0.4) is 0 Å². The molecule has 4 nitrogen and oxygen atoms in total. The first-order valence-corrected chi connectivity index (χ1v) is 7.28. The fourth-order valence-corrected chi connectivity index (χ4v) is 2.37. The molecule has 0 aliphatic rings. The van der Waals surface area contributed by atoms with Crippen LogP contribution in [0.5, 0.6) is 0 Å². The lowest BCUT2D eigenvalue weighted by Crippen LogP contribution is -2.05. The van der Waals surface area contributed by atoms with Gasteiger partial charge in [0.15, 0.2) is 0 Å². The monoisotopic (exact) mass is 420 g/mol. The molecule has 2 rings (SSSR count). The zero-order chi connectivity index (χ0) is 15.6. The molecule has 8 heteroatoms. The topological polar surface area (TPSA) is 55.2 Å². The minimum Gasteiger partial charge on any atom is -0.378 e. The quantitative estimate of drug-likeness (QED) is 0.429. The average Bonchev–Trinajstić information content (AvgIpc) is 2.42. The van der Waals surface area contributed by atoms with Crippen molar-refractivity contribution in [3.63, 3.8) is 0 Å². The second kappa shape index (κ2) is 6.48. The van der Waals surface area contributed by atoms with Crippen LogP contribution in [-0.2, 0) is 6.54 Å². The highest BCUT2D eigenvalue weighted by molar-refractivity contribution is 9.10. The molecule has 0 unspecified atom stereocenters. The summed E-state index contributed by atoms with van der Waals surface area (Å²) in [4.78, 5) is 10.4. The van der Waals surface area contributed by atoms with E-state index in [0.717, 1.165) is 12.1 Å². The Bertz CT molecular complexity index is 711. The first-order valence-electron chi connectivity index (χ1n) is 5.69. The Morgan fingerprint density at radius 1 is 1.14 bits per heavy atom. The number of benzene rings is 2. The lowest BCUT2D eigenvalue weighted by molar-refractivity contribution is -0.385. The Kier molecular flexibility index (Phi) is 4.89. The summed E-state index contributed by atoms with van der Waals surface area (Å²) in [5, 5.41) is 13.6. The second-order valence-corrected chi connectivity index (χ2v) is 5.90. The van der Waals surface area contributed by atoms with Gasteiger partial charge in [-0.3, -0.25) is 10.1 Å². The molecule has 0 bridgehead atoms. The fourth-order valence-electron chi connectivity index (χ4n) is 1.70. The molecule has 21 heavy (non-hydrogen) atoms. The Morgan fingerprint density at radius 3 is 2.52 bits per heavy atom. The minimum atomic E-state index is -0.650. The van der Waals surface area contributed by atoms with Gasteiger partial charge in [-0.25, -0.2) is 8.78 Å². The molecule has 2 aromatic rings. The van der Waals surface area contributed by atoms with Crippen LogP contribution in [0.2, 0.25) is 0 Å². The number of nitrogens with zero attached hydrogens (tertiary/aromatic N) is 1. The normalized spacial score (nSPS) is 10.5. The van der Waals surface area contributed by atoms with E-state index in [1.807, 2.05) is 0 Å². The molecule has 2 aromatic carbocycles. The van der Waals surface area contributed by atoms with Crippen molar-refractivity contribution in [3.8, 4) is 0 Å². The fraction of sp³-hybridized carbons (Fsp3) is 0.0769. The number of hydrogen-bond acceptors (Lipinski definition) is 3. The largest absolute Gasteiger partial charge is 0.378 e. The van der Waals surface area contributed by atoms with Gasteiger partial charge < -0.3 is 5.32 Å². The Hall–Kier alpha value is -1.54. The molecule has 0 aliphatic heterocycles. The van der Waals surface area contributed by atoms with Crippen LogP contribution in [0.15, 0.2) is 39.3 Å².